The van der Waals surface area contributed by atoms with Gasteiger partial charge in [-0.2, -0.15) is 4.98 Å². The quantitative estimate of drug-likeness (QED) is 0.747. The SMILES string of the molecule is COc1ccc(CC(=O)NC2CCN(c3nc4ncccc4o3)CC2)cc1. The number of rotatable bonds is 5. The van der Waals surface area contributed by atoms with E-state index in [2.05, 4.69) is 20.2 Å². The number of ether oxygens (including phenoxy) is 1. The van der Waals surface area contributed by atoms with Gasteiger partial charge in [0.1, 0.15) is 5.75 Å². The van der Waals surface area contributed by atoms with Crippen molar-refractivity contribution in [1.29, 1.82) is 0 Å². The number of fused-ring (bicyclic) bond motifs is 1. The number of anilines is 1. The Bertz CT molecular complexity index is 881. The number of piperidine rings is 1. The van der Waals surface area contributed by atoms with Crippen molar-refractivity contribution >= 4 is 23.2 Å². The summed E-state index contributed by atoms with van der Waals surface area (Å²) in [5.74, 6) is 0.839. The van der Waals surface area contributed by atoms with Crippen molar-refractivity contribution in [3.05, 3.63) is 48.2 Å². The number of nitrogens with one attached hydrogen (secondary N) is 1. The van der Waals surface area contributed by atoms with Crippen molar-refractivity contribution in [3.8, 4) is 5.75 Å². The van der Waals surface area contributed by atoms with Gasteiger partial charge in [-0.15, -0.1) is 0 Å². The topological polar surface area (TPSA) is 80.5 Å². The van der Waals surface area contributed by atoms with Gasteiger partial charge in [-0.05, 0) is 42.7 Å². The zero-order chi connectivity index (χ0) is 18.6. The van der Waals surface area contributed by atoms with Crippen LogP contribution >= 0.6 is 0 Å². The molecule has 0 unspecified atom stereocenters. The van der Waals surface area contributed by atoms with E-state index in [9.17, 15) is 4.79 Å². The first-order valence-electron chi connectivity index (χ1n) is 9.10. The number of pyridine rings is 1. The summed E-state index contributed by atoms with van der Waals surface area (Å²) in [5, 5.41) is 3.13. The van der Waals surface area contributed by atoms with E-state index < -0.39 is 0 Å². The molecule has 0 aliphatic carbocycles. The standard InChI is InChI=1S/C20H22N4O3/c1-26-16-6-4-14(5-7-16)13-18(25)22-15-8-11-24(12-9-15)20-23-19-17(27-20)3-2-10-21-19/h2-7,10,15H,8-9,11-13H2,1H3,(H,22,25). The minimum absolute atomic E-state index is 0.0460. The van der Waals surface area contributed by atoms with Gasteiger partial charge in [0.05, 0.1) is 13.5 Å². The maximum absolute atomic E-state index is 12.3. The molecule has 0 radical (unpaired) electrons. The Kier molecular flexibility index (Phi) is 4.91. The van der Waals surface area contributed by atoms with Gasteiger partial charge in [0.15, 0.2) is 5.58 Å². The lowest BCUT2D eigenvalue weighted by Crippen LogP contribution is -2.45. The molecule has 7 heteroatoms. The third-order valence-corrected chi connectivity index (χ3v) is 4.81. The molecule has 0 saturated carbocycles. The van der Waals surface area contributed by atoms with Crippen molar-refractivity contribution in [2.75, 3.05) is 25.1 Å². The molecule has 1 fully saturated rings. The van der Waals surface area contributed by atoms with Crippen molar-refractivity contribution in [3.63, 3.8) is 0 Å². The molecule has 27 heavy (non-hydrogen) atoms. The van der Waals surface area contributed by atoms with E-state index in [0.29, 0.717) is 23.7 Å². The molecule has 1 aliphatic rings. The Hall–Kier alpha value is -3.09. The molecule has 140 valence electrons. The maximum Gasteiger partial charge on any atom is 0.299 e. The first kappa shape index (κ1) is 17.3. The Balaban J connectivity index is 1.29. The third-order valence-electron chi connectivity index (χ3n) is 4.81. The lowest BCUT2D eigenvalue weighted by molar-refractivity contribution is -0.121. The highest BCUT2D eigenvalue weighted by molar-refractivity contribution is 5.79. The molecule has 0 spiro atoms. The molecule has 1 amide bonds. The Morgan fingerprint density at radius 3 is 2.74 bits per heavy atom. The number of aromatic nitrogens is 2. The van der Waals surface area contributed by atoms with Crippen LogP contribution in [0.5, 0.6) is 5.75 Å². The van der Waals surface area contributed by atoms with Crippen LogP contribution in [0.1, 0.15) is 18.4 Å². The number of carbonyl (C=O) groups excluding carboxylic acids is 1. The number of oxazole rings is 1. The smallest absolute Gasteiger partial charge is 0.299 e. The molecule has 4 rings (SSSR count). The van der Waals surface area contributed by atoms with E-state index >= 15 is 0 Å². The highest BCUT2D eigenvalue weighted by atomic mass is 16.5. The number of amides is 1. The second-order valence-electron chi connectivity index (χ2n) is 6.68. The second kappa shape index (κ2) is 7.65. The van der Waals surface area contributed by atoms with Gasteiger partial charge in [-0.25, -0.2) is 4.98 Å². The summed E-state index contributed by atoms with van der Waals surface area (Å²) in [6, 6.07) is 12.1. The molecule has 0 bridgehead atoms. The van der Waals surface area contributed by atoms with E-state index in [4.69, 9.17) is 9.15 Å². The van der Waals surface area contributed by atoms with Crippen LogP contribution in [0.15, 0.2) is 47.0 Å². The largest absolute Gasteiger partial charge is 0.497 e. The zero-order valence-electron chi connectivity index (χ0n) is 15.2. The Morgan fingerprint density at radius 2 is 2.04 bits per heavy atom. The van der Waals surface area contributed by atoms with E-state index in [-0.39, 0.29) is 11.9 Å². The van der Waals surface area contributed by atoms with E-state index in [1.165, 1.54) is 0 Å². The van der Waals surface area contributed by atoms with Gasteiger partial charge in [0, 0.05) is 25.3 Å². The minimum atomic E-state index is 0.0460. The molecule has 3 heterocycles. The van der Waals surface area contributed by atoms with Crippen LogP contribution in [-0.2, 0) is 11.2 Å². The van der Waals surface area contributed by atoms with Crippen LogP contribution in [0.25, 0.3) is 11.2 Å². The first-order valence-corrected chi connectivity index (χ1v) is 9.10. The van der Waals surface area contributed by atoms with Gasteiger partial charge in [0.2, 0.25) is 11.6 Å². The van der Waals surface area contributed by atoms with Gasteiger partial charge in [-0.1, -0.05) is 12.1 Å². The van der Waals surface area contributed by atoms with Crippen LogP contribution < -0.4 is 15.0 Å². The van der Waals surface area contributed by atoms with Crippen molar-refractivity contribution in [1.82, 2.24) is 15.3 Å². The number of carbonyl (C=O) groups is 1. The fourth-order valence-corrected chi connectivity index (χ4v) is 3.32. The Labute approximate surface area is 157 Å². The average molecular weight is 366 g/mol. The monoisotopic (exact) mass is 366 g/mol. The Morgan fingerprint density at radius 1 is 1.26 bits per heavy atom. The predicted molar refractivity (Wildman–Crippen MR) is 102 cm³/mol. The molecule has 1 N–H and O–H groups in total. The summed E-state index contributed by atoms with van der Waals surface area (Å²) < 4.78 is 10.9. The van der Waals surface area contributed by atoms with Gasteiger partial charge >= 0.3 is 0 Å². The third kappa shape index (κ3) is 4.02. The molecule has 1 saturated heterocycles. The lowest BCUT2D eigenvalue weighted by atomic mass is 10.0. The summed E-state index contributed by atoms with van der Waals surface area (Å²) >= 11 is 0. The van der Waals surface area contributed by atoms with E-state index in [1.54, 1.807) is 13.3 Å². The van der Waals surface area contributed by atoms with E-state index in [1.807, 2.05) is 36.4 Å². The predicted octanol–water partition coefficient (Wildman–Crippen LogP) is 2.56. The highest BCUT2D eigenvalue weighted by Gasteiger charge is 2.24. The van der Waals surface area contributed by atoms with Crippen LogP contribution in [-0.4, -0.2) is 42.1 Å². The minimum Gasteiger partial charge on any atom is -0.497 e. The highest BCUT2D eigenvalue weighted by Crippen LogP contribution is 2.23. The number of hydrogen-bond donors (Lipinski definition) is 1. The first-order chi connectivity index (χ1) is 13.2. The number of hydrogen-bond acceptors (Lipinski definition) is 6. The fraction of sp³-hybridized carbons (Fsp3) is 0.350. The molecular weight excluding hydrogens is 344 g/mol. The fourth-order valence-electron chi connectivity index (χ4n) is 3.32. The van der Waals surface area contributed by atoms with Crippen LogP contribution in [0.4, 0.5) is 6.01 Å². The summed E-state index contributed by atoms with van der Waals surface area (Å²) in [5.41, 5.74) is 2.30. The van der Waals surface area contributed by atoms with Crippen molar-refractivity contribution in [2.45, 2.75) is 25.3 Å². The maximum atomic E-state index is 12.3. The summed E-state index contributed by atoms with van der Waals surface area (Å²) in [6.45, 7) is 1.58. The van der Waals surface area contributed by atoms with Crippen molar-refractivity contribution < 1.29 is 13.9 Å². The molecule has 2 aromatic heterocycles. The number of methoxy groups -OCH3 is 1. The zero-order valence-corrected chi connectivity index (χ0v) is 15.2. The van der Waals surface area contributed by atoms with E-state index in [0.717, 1.165) is 37.2 Å². The summed E-state index contributed by atoms with van der Waals surface area (Å²) in [7, 11) is 1.63. The normalized spacial score (nSPS) is 15.1. The van der Waals surface area contributed by atoms with Gasteiger partial charge < -0.3 is 19.4 Å². The number of benzene rings is 1. The van der Waals surface area contributed by atoms with Gasteiger partial charge in [-0.3, -0.25) is 4.79 Å². The van der Waals surface area contributed by atoms with Crippen LogP contribution in [0.2, 0.25) is 0 Å². The molecule has 1 aliphatic heterocycles. The molecule has 1 aromatic carbocycles. The second-order valence-corrected chi connectivity index (χ2v) is 6.68. The molecule has 0 atom stereocenters. The number of nitrogens with zero attached hydrogens (tertiary/aromatic N) is 3. The molecular formula is C20H22N4O3. The molecule has 7 nitrogen and oxygen atoms in total. The summed E-state index contributed by atoms with van der Waals surface area (Å²) in [6.07, 6.45) is 3.81. The van der Waals surface area contributed by atoms with Crippen LogP contribution in [0.3, 0.4) is 0 Å². The summed E-state index contributed by atoms with van der Waals surface area (Å²) in [4.78, 5) is 23.1. The molecule has 3 aromatic rings. The van der Waals surface area contributed by atoms with Crippen molar-refractivity contribution in [2.24, 2.45) is 0 Å². The van der Waals surface area contributed by atoms with Crippen LogP contribution in [0, 0.1) is 0 Å². The average Bonchev–Trinajstić information content (AvgIpc) is 3.13. The van der Waals surface area contributed by atoms with Gasteiger partial charge in [0.25, 0.3) is 6.01 Å². The lowest BCUT2D eigenvalue weighted by Gasteiger charge is -2.31.